The fourth-order valence-electron chi connectivity index (χ4n) is 1.06. The standard InChI is InChI=1S/C10H11F2NO2/c11-7-1-3-9(4-2-7)13-6-8(12)5-10(14)15/h1-4,8,13H,5-6H2,(H,14,15). The number of hydrogen-bond acceptors (Lipinski definition) is 2. The van der Waals surface area contributed by atoms with Gasteiger partial charge in [0, 0.05) is 12.2 Å². The highest BCUT2D eigenvalue weighted by atomic mass is 19.1. The van der Waals surface area contributed by atoms with Crippen molar-refractivity contribution in [1.29, 1.82) is 0 Å². The summed E-state index contributed by atoms with van der Waals surface area (Å²) in [5.74, 6) is -1.55. The van der Waals surface area contributed by atoms with E-state index in [0.717, 1.165) is 0 Å². The van der Waals surface area contributed by atoms with Crippen molar-refractivity contribution in [2.45, 2.75) is 12.6 Å². The van der Waals surface area contributed by atoms with Crippen molar-refractivity contribution >= 4 is 11.7 Å². The van der Waals surface area contributed by atoms with Crippen LogP contribution in [0.5, 0.6) is 0 Å². The zero-order chi connectivity index (χ0) is 11.3. The lowest BCUT2D eigenvalue weighted by molar-refractivity contribution is -0.138. The minimum absolute atomic E-state index is 0.0993. The van der Waals surface area contributed by atoms with Gasteiger partial charge >= 0.3 is 5.97 Å². The van der Waals surface area contributed by atoms with Gasteiger partial charge in [-0.2, -0.15) is 0 Å². The van der Waals surface area contributed by atoms with E-state index in [2.05, 4.69) is 5.32 Å². The first-order valence-corrected chi connectivity index (χ1v) is 4.43. The molecule has 82 valence electrons. The van der Waals surface area contributed by atoms with E-state index in [1.165, 1.54) is 24.3 Å². The van der Waals surface area contributed by atoms with Crippen LogP contribution in [0, 0.1) is 5.82 Å². The highest BCUT2D eigenvalue weighted by molar-refractivity contribution is 5.67. The first kappa shape index (κ1) is 11.4. The molecule has 0 radical (unpaired) electrons. The highest BCUT2D eigenvalue weighted by Crippen LogP contribution is 2.09. The second kappa shape index (κ2) is 5.29. The Morgan fingerprint density at radius 2 is 2.00 bits per heavy atom. The van der Waals surface area contributed by atoms with E-state index in [4.69, 9.17) is 5.11 Å². The fraction of sp³-hybridized carbons (Fsp3) is 0.300. The lowest BCUT2D eigenvalue weighted by Gasteiger charge is -2.08. The maximum Gasteiger partial charge on any atom is 0.306 e. The monoisotopic (exact) mass is 215 g/mol. The summed E-state index contributed by atoms with van der Waals surface area (Å²) < 4.78 is 25.4. The third-order valence-electron chi connectivity index (χ3n) is 1.77. The Labute approximate surface area is 85.7 Å². The van der Waals surface area contributed by atoms with Crippen LogP contribution in [0.1, 0.15) is 6.42 Å². The van der Waals surface area contributed by atoms with E-state index in [9.17, 15) is 13.6 Å². The summed E-state index contributed by atoms with van der Waals surface area (Å²) in [6.07, 6.45) is -1.98. The molecule has 0 spiro atoms. The molecule has 0 saturated carbocycles. The van der Waals surface area contributed by atoms with Crippen LogP contribution in [0.15, 0.2) is 24.3 Å². The maximum absolute atomic E-state index is 12.9. The molecule has 1 aromatic carbocycles. The Morgan fingerprint density at radius 1 is 1.40 bits per heavy atom. The van der Waals surface area contributed by atoms with Crippen LogP contribution in [-0.2, 0) is 4.79 Å². The van der Waals surface area contributed by atoms with E-state index in [0.29, 0.717) is 5.69 Å². The number of alkyl halides is 1. The molecule has 0 aliphatic carbocycles. The molecule has 0 aliphatic heterocycles. The third-order valence-corrected chi connectivity index (χ3v) is 1.77. The van der Waals surface area contributed by atoms with Gasteiger partial charge in [0.1, 0.15) is 12.0 Å². The molecule has 1 unspecified atom stereocenters. The molecule has 2 N–H and O–H groups in total. The van der Waals surface area contributed by atoms with Crippen molar-refractivity contribution in [3.8, 4) is 0 Å². The van der Waals surface area contributed by atoms with E-state index < -0.39 is 18.6 Å². The molecule has 0 saturated heterocycles. The van der Waals surface area contributed by atoms with Crippen LogP contribution in [-0.4, -0.2) is 23.8 Å². The number of halogens is 2. The van der Waals surface area contributed by atoms with Crippen LogP contribution in [0.25, 0.3) is 0 Å². The Bertz CT molecular complexity index is 327. The molecule has 3 nitrogen and oxygen atoms in total. The summed E-state index contributed by atoms with van der Waals surface area (Å²) >= 11 is 0. The number of anilines is 1. The number of carbonyl (C=O) groups is 1. The SMILES string of the molecule is O=C(O)CC(F)CNc1ccc(F)cc1. The van der Waals surface area contributed by atoms with Crippen molar-refractivity contribution in [2.24, 2.45) is 0 Å². The van der Waals surface area contributed by atoms with Gasteiger partial charge in [0.05, 0.1) is 6.42 Å². The molecule has 0 amide bonds. The van der Waals surface area contributed by atoms with Crippen molar-refractivity contribution < 1.29 is 18.7 Å². The number of carboxylic acids is 1. The third kappa shape index (κ3) is 4.39. The van der Waals surface area contributed by atoms with Gasteiger partial charge < -0.3 is 10.4 Å². The molecule has 1 rings (SSSR count). The van der Waals surface area contributed by atoms with Crippen LogP contribution in [0.2, 0.25) is 0 Å². The van der Waals surface area contributed by atoms with Crippen LogP contribution in [0.4, 0.5) is 14.5 Å². The summed E-state index contributed by atoms with van der Waals surface area (Å²) in [4.78, 5) is 10.1. The number of benzene rings is 1. The predicted octanol–water partition coefficient (Wildman–Crippen LogP) is 2.05. The minimum atomic E-state index is -1.45. The van der Waals surface area contributed by atoms with Gasteiger partial charge in [-0.3, -0.25) is 4.79 Å². The van der Waals surface area contributed by atoms with E-state index in [-0.39, 0.29) is 12.4 Å². The van der Waals surface area contributed by atoms with Crippen molar-refractivity contribution in [1.82, 2.24) is 0 Å². The number of aliphatic carboxylic acids is 1. The van der Waals surface area contributed by atoms with Gasteiger partial charge in [0.15, 0.2) is 0 Å². The van der Waals surface area contributed by atoms with Crippen LogP contribution >= 0.6 is 0 Å². The van der Waals surface area contributed by atoms with Crippen molar-refractivity contribution in [3.05, 3.63) is 30.1 Å². The van der Waals surface area contributed by atoms with Gasteiger partial charge in [-0.1, -0.05) is 0 Å². The summed E-state index contributed by atoms with van der Waals surface area (Å²) in [5.41, 5.74) is 0.560. The molecule has 0 bridgehead atoms. The molecular weight excluding hydrogens is 204 g/mol. The number of carboxylic acid groups (broad SMARTS) is 1. The topological polar surface area (TPSA) is 49.3 Å². The second-order valence-electron chi connectivity index (χ2n) is 3.08. The highest BCUT2D eigenvalue weighted by Gasteiger charge is 2.10. The Hall–Kier alpha value is -1.65. The molecule has 0 fully saturated rings. The van der Waals surface area contributed by atoms with E-state index in [1.807, 2.05) is 0 Å². The minimum Gasteiger partial charge on any atom is -0.481 e. The summed E-state index contributed by atoms with van der Waals surface area (Å²) in [7, 11) is 0. The van der Waals surface area contributed by atoms with Crippen LogP contribution in [0.3, 0.4) is 0 Å². The Kier molecular flexibility index (Phi) is 4.03. The van der Waals surface area contributed by atoms with Crippen molar-refractivity contribution in [3.63, 3.8) is 0 Å². The van der Waals surface area contributed by atoms with Crippen LogP contribution < -0.4 is 5.32 Å². The van der Waals surface area contributed by atoms with Gasteiger partial charge in [0.2, 0.25) is 0 Å². The van der Waals surface area contributed by atoms with Gasteiger partial charge in [0.25, 0.3) is 0 Å². The molecule has 5 heteroatoms. The molecule has 1 atom stereocenters. The fourth-order valence-corrected chi connectivity index (χ4v) is 1.06. The first-order valence-electron chi connectivity index (χ1n) is 4.43. The summed E-state index contributed by atoms with van der Waals surface area (Å²) in [5, 5.41) is 11.0. The molecule has 1 aromatic rings. The molecule has 15 heavy (non-hydrogen) atoms. The van der Waals surface area contributed by atoms with Gasteiger partial charge in [-0.25, -0.2) is 8.78 Å². The normalized spacial score (nSPS) is 12.1. The Balaban J connectivity index is 2.36. The maximum atomic E-state index is 12.9. The molecular formula is C10H11F2NO2. The number of rotatable bonds is 5. The Morgan fingerprint density at radius 3 is 2.53 bits per heavy atom. The average Bonchev–Trinajstić information content (AvgIpc) is 2.16. The molecule has 0 heterocycles. The smallest absolute Gasteiger partial charge is 0.306 e. The zero-order valence-corrected chi connectivity index (χ0v) is 7.91. The quantitative estimate of drug-likeness (QED) is 0.790. The zero-order valence-electron chi connectivity index (χ0n) is 7.91. The van der Waals surface area contributed by atoms with Gasteiger partial charge in [-0.05, 0) is 24.3 Å². The molecule has 0 aromatic heterocycles. The predicted molar refractivity (Wildman–Crippen MR) is 52.0 cm³/mol. The lowest BCUT2D eigenvalue weighted by atomic mass is 10.2. The van der Waals surface area contributed by atoms with E-state index in [1.54, 1.807) is 0 Å². The van der Waals surface area contributed by atoms with E-state index >= 15 is 0 Å². The first-order chi connectivity index (χ1) is 7.08. The van der Waals surface area contributed by atoms with Crippen molar-refractivity contribution in [2.75, 3.05) is 11.9 Å². The van der Waals surface area contributed by atoms with Gasteiger partial charge in [-0.15, -0.1) is 0 Å². The second-order valence-corrected chi connectivity index (χ2v) is 3.08. The number of nitrogens with one attached hydrogen (secondary N) is 1. The lowest BCUT2D eigenvalue weighted by Crippen LogP contribution is -2.18. The molecule has 0 aliphatic rings. The number of hydrogen-bond donors (Lipinski definition) is 2. The average molecular weight is 215 g/mol. The summed E-state index contributed by atoms with van der Waals surface area (Å²) in [6.45, 7) is -0.0993. The largest absolute Gasteiger partial charge is 0.481 e. The summed E-state index contributed by atoms with van der Waals surface area (Å²) in [6, 6.07) is 5.41.